The lowest BCUT2D eigenvalue weighted by Crippen LogP contribution is -2.38. The number of hydrogen-bond acceptors (Lipinski definition) is 3. The third-order valence-corrected chi connectivity index (χ3v) is 4.13. The van der Waals surface area contributed by atoms with Gasteiger partial charge in [0.1, 0.15) is 5.60 Å². The minimum absolute atomic E-state index is 0.140. The summed E-state index contributed by atoms with van der Waals surface area (Å²) in [6, 6.07) is 0. The molecule has 0 radical (unpaired) electrons. The number of rotatable bonds is 3. The van der Waals surface area contributed by atoms with Crippen molar-refractivity contribution in [2.45, 2.75) is 50.9 Å². The number of methoxy groups -OCH3 is 1. The van der Waals surface area contributed by atoms with E-state index in [4.69, 9.17) is 4.74 Å². The van der Waals surface area contributed by atoms with Gasteiger partial charge in [0.15, 0.2) is 0 Å². The third-order valence-electron chi connectivity index (χ3n) is 3.55. The van der Waals surface area contributed by atoms with E-state index in [0.29, 0.717) is 6.42 Å². The molecule has 1 saturated carbocycles. The van der Waals surface area contributed by atoms with E-state index in [9.17, 15) is 5.11 Å². The zero-order valence-electron chi connectivity index (χ0n) is 10.3. The molecule has 0 aliphatic heterocycles. The zero-order valence-corrected chi connectivity index (χ0v) is 11.9. The highest BCUT2D eigenvalue weighted by atomic mass is 79.9. The summed E-state index contributed by atoms with van der Waals surface area (Å²) < 4.78 is 8.14. The molecule has 0 bridgehead atoms. The molecule has 1 heterocycles. The molecule has 1 aromatic heterocycles. The largest absolute Gasteiger partial charge is 0.383 e. The van der Waals surface area contributed by atoms with Crippen molar-refractivity contribution in [3.8, 4) is 0 Å². The highest BCUT2D eigenvalue weighted by Crippen LogP contribution is 2.40. The molecule has 1 N–H and O–H groups in total. The SMILES string of the molecule is CCn1ncc(Br)c1C1(O)CCCC(OC)C1. The van der Waals surface area contributed by atoms with Crippen LogP contribution in [0.3, 0.4) is 0 Å². The minimum atomic E-state index is -0.815. The summed E-state index contributed by atoms with van der Waals surface area (Å²) in [5, 5.41) is 15.1. The van der Waals surface area contributed by atoms with Crippen LogP contribution in [0.5, 0.6) is 0 Å². The van der Waals surface area contributed by atoms with Crippen molar-refractivity contribution in [2.75, 3.05) is 7.11 Å². The topological polar surface area (TPSA) is 47.3 Å². The van der Waals surface area contributed by atoms with Crippen molar-refractivity contribution in [3.05, 3.63) is 16.4 Å². The van der Waals surface area contributed by atoms with Crippen LogP contribution in [-0.2, 0) is 16.9 Å². The third kappa shape index (κ3) is 2.41. The first kappa shape index (κ1) is 13.1. The van der Waals surface area contributed by atoms with Crippen molar-refractivity contribution in [1.82, 2.24) is 9.78 Å². The first-order valence-corrected chi connectivity index (χ1v) is 6.87. The smallest absolute Gasteiger partial charge is 0.110 e. The molecule has 0 saturated heterocycles. The van der Waals surface area contributed by atoms with Gasteiger partial charge >= 0.3 is 0 Å². The molecule has 96 valence electrons. The van der Waals surface area contributed by atoms with Gasteiger partial charge in [-0.15, -0.1) is 0 Å². The average Bonchev–Trinajstić information content (AvgIpc) is 2.71. The molecule has 1 aliphatic carbocycles. The van der Waals surface area contributed by atoms with E-state index < -0.39 is 5.60 Å². The number of aryl methyl sites for hydroxylation is 1. The maximum atomic E-state index is 10.9. The molecule has 2 rings (SSSR count). The number of nitrogens with zero attached hydrogens (tertiary/aromatic N) is 2. The van der Waals surface area contributed by atoms with Crippen LogP contribution in [0.2, 0.25) is 0 Å². The molecule has 1 fully saturated rings. The van der Waals surface area contributed by atoms with Crippen LogP contribution < -0.4 is 0 Å². The Morgan fingerprint density at radius 1 is 1.71 bits per heavy atom. The second kappa shape index (κ2) is 5.08. The number of ether oxygens (including phenoxy) is 1. The number of aliphatic hydroxyl groups is 1. The summed E-state index contributed by atoms with van der Waals surface area (Å²) in [6.07, 6.45) is 5.33. The van der Waals surface area contributed by atoms with Crippen LogP contribution in [0.15, 0.2) is 10.7 Å². The van der Waals surface area contributed by atoms with E-state index in [1.54, 1.807) is 13.3 Å². The zero-order chi connectivity index (χ0) is 12.5. The molecule has 2 atom stereocenters. The fraction of sp³-hybridized carbons (Fsp3) is 0.750. The van der Waals surface area contributed by atoms with Crippen LogP contribution in [0.25, 0.3) is 0 Å². The Labute approximate surface area is 110 Å². The van der Waals surface area contributed by atoms with Crippen molar-refractivity contribution in [3.63, 3.8) is 0 Å². The molecule has 1 aromatic rings. The Bertz CT molecular complexity index is 394. The van der Waals surface area contributed by atoms with E-state index in [-0.39, 0.29) is 6.10 Å². The highest BCUT2D eigenvalue weighted by Gasteiger charge is 2.39. The molecule has 1 aliphatic rings. The second-order valence-corrected chi connectivity index (χ2v) is 5.50. The molecule has 0 amide bonds. The van der Waals surface area contributed by atoms with E-state index in [2.05, 4.69) is 21.0 Å². The summed E-state index contributed by atoms with van der Waals surface area (Å²) in [5.41, 5.74) is 0.0753. The van der Waals surface area contributed by atoms with Crippen molar-refractivity contribution in [2.24, 2.45) is 0 Å². The van der Waals surface area contributed by atoms with Gasteiger partial charge in [-0.1, -0.05) is 0 Å². The fourth-order valence-corrected chi connectivity index (χ4v) is 3.35. The van der Waals surface area contributed by atoms with Gasteiger partial charge in [-0.2, -0.15) is 5.10 Å². The first-order chi connectivity index (χ1) is 8.10. The van der Waals surface area contributed by atoms with Crippen LogP contribution in [0.1, 0.15) is 38.3 Å². The Kier molecular flexibility index (Phi) is 3.90. The molecule has 4 nitrogen and oxygen atoms in total. The van der Waals surface area contributed by atoms with Gasteiger partial charge < -0.3 is 9.84 Å². The van der Waals surface area contributed by atoms with Gasteiger partial charge in [0.25, 0.3) is 0 Å². The van der Waals surface area contributed by atoms with Gasteiger partial charge in [0.2, 0.25) is 0 Å². The van der Waals surface area contributed by atoms with Crippen molar-refractivity contribution >= 4 is 15.9 Å². The fourth-order valence-electron chi connectivity index (χ4n) is 2.68. The van der Waals surface area contributed by atoms with Crippen LogP contribution in [-0.4, -0.2) is 28.1 Å². The highest BCUT2D eigenvalue weighted by molar-refractivity contribution is 9.10. The molecule has 5 heteroatoms. The maximum Gasteiger partial charge on any atom is 0.110 e. The summed E-state index contributed by atoms with van der Waals surface area (Å²) in [5.74, 6) is 0. The second-order valence-electron chi connectivity index (χ2n) is 4.64. The molecule has 0 spiro atoms. The Morgan fingerprint density at radius 3 is 3.12 bits per heavy atom. The Balaban J connectivity index is 2.33. The quantitative estimate of drug-likeness (QED) is 0.933. The van der Waals surface area contributed by atoms with Gasteiger partial charge in [0.05, 0.1) is 22.5 Å². The van der Waals surface area contributed by atoms with E-state index in [1.807, 2.05) is 11.6 Å². The normalized spacial score (nSPS) is 29.5. The summed E-state index contributed by atoms with van der Waals surface area (Å²) in [4.78, 5) is 0. The van der Waals surface area contributed by atoms with Gasteiger partial charge in [0, 0.05) is 20.1 Å². The first-order valence-electron chi connectivity index (χ1n) is 6.07. The van der Waals surface area contributed by atoms with E-state index in [1.165, 1.54) is 0 Å². The van der Waals surface area contributed by atoms with Crippen LogP contribution >= 0.6 is 15.9 Å². The molecule has 2 unspecified atom stereocenters. The summed E-state index contributed by atoms with van der Waals surface area (Å²) in [6.45, 7) is 2.80. The average molecular weight is 303 g/mol. The lowest BCUT2D eigenvalue weighted by molar-refractivity contribution is -0.0685. The summed E-state index contributed by atoms with van der Waals surface area (Å²) >= 11 is 3.49. The lowest BCUT2D eigenvalue weighted by atomic mass is 9.80. The van der Waals surface area contributed by atoms with E-state index >= 15 is 0 Å². The maximum absolute atomic E-state index is 10.9. The van der Waals surface area contributed by atoms with Crippen LogP contribution in [0, 0.1) is 0 Å². The minimum Gasteiger partial charge on any atom is -0.383 e. The van der Waals surface area contributed by atoms with Crippen molar-refractivity contribution < 1.29 is 9.84 Å². The van der Waals surface area contributed by atoms with Gasteiger partial charge in [-0.25, -0.2) is 0 Å². The van der Waals surface area contributed by atoms with Gasteiger partial charge in [-0.3, -0.25) is 4.68 Å². The summed E-state index contributed by atoms with van der Waals surface area (Å²) in [7, 11) is 1.71. The Hall–Kier alpha value is -0.390. The number of hydrogen-bond donors (Lipinski definition) is 1. The van der Waals surface area contributed by atoms with Crippen LogP contribution in [0.4, 0.5) is 0 Å². The predicted octanol–water partition coefficient (Wildman–Crippen LogP) is 2.44. The molecule has 17 heavy (non-hydrogen) atoms. The Morgan fingerprint density at radius 2 is 2.47 bits per heavy atom. The standard InChI is InChI=1S/C12H19BrN2O2/c1-3-15-11(10(13)8-14-15)12(16)6-4-5-9(7-12)17-2/h8-9,16H,3-7H2,1-2H3. The monoisotopic (exact) mass is 302 g/mol. The lowest BCUT2D eigenvalue weighted by Gasteiger charge is -2.36. The predicted molar refractivity (Wildman–Crippen MR) is 68.8 cm³/mol. The molecule has 0 aromatic carbocycles. The molecular formula is C12H19BrN2O2. The number of halogens is 1. The molecular weight excluding hydrogens is 284 g/mol. The van der Waals surface area contributed by atoms with Crippen molar-refractivity contribution in [1.29, 1.82) is 0 Å². The van der Waals surface area contributed by atoms with Gasteiger partial charge in [-0.05, 0) is 42.1 Å². The van der Waals surface area contributed by atoms with E-state index in [0.717, 1.165) is 36.0 Å². The number of aromatic nitrogens is 2.